The minimum absolute atomic E-state index is 0.487. The van der Waals surface area contributed by atoms with Gasteiger partial charge in [-0.2, -0.15) is 4.98 Å². The van der Waals surface area contributed by atoms with Crippen LogP contribution >= 0.6 is 11.8 Å². The number of pyridine rings is 1. The highest BCUT2D eigenvalue weighted by Gasteiger charge is 2.20. The van der Waals surface area contributed by atoms with Gasteiger partial charge in [0.25, 0.3) is 0 Å². The summed E-state index contributed by atoms with van der Waals surface area (Å²) in [5.41, 5.74) is 6.81. The molecule has 0 fully saturated rings. The lowest BCUT2D eigenvalue weighted by molar-refractivity contribution is 0.416. The SMILES string of the molecule is [C-]#[N+]c1ccc(Oc2nc(Oc3ccc(C)cc3C)c(C)c(Sc3cccc(C)c3)c2C)cc1C. The van der Waals surface area contributed by atoms with E-state index in [1.54, 1.807) is 23.9 Å². The maximum atomic E-state index is 7.30. The number of ether oxygens (including phenoxy) is 2. The average molecular weight is 481 g/mol. The van der Waals surface area contributed by atoms with Gasteiger partial charge in [-0.15, -0.1) is 0 Å². The molecule has 4 aromatic rings. The van der Waals surface area contributed by atoms with E-state index in [4.69, 9.17) is 21.0 Å². The second-order valence-corrected chi connectivity index (χ2v) is 9.84. The molecule has 0 aliphatic heterocycles. The molecular formula is C30H28N2O2S. The van der Waals surface area contributed by atoms with Gasteiger partial charge < -0.3 is 9.47 Å². The maximum absolute atomic E-state index is 7.30. The van der Waals surface area contributed by atoms with Gasteiger partial charge in [0, 0.05) is 20.9 Å². The van der Waals surface area contributed by atoms with Crippen LogP contribution in [0.5, 0.6) is 23.3 Å². The van der Waals surface area contributed by atoms with Crippen molar-refractivity contribution in [3.8, 4) is 23.3 Å². The molecule has 0 amide bonds. The van der Waals surface area contributed by atoms with Crippen molar-refractivity contribution in [3.63, 3.8) is 0 Å². The smallest absolute Gasteiger partial charge is 0.226 e. The van der Waals surface area contributed by atoms with Gasteiger partial charge >= 0.3 is 0 Å². The fraction of sp³-hybridized carbons (Fsp3) is 0.200. The molecular weight excluding hydrogens is 452 g/mol. The predicted octanol–water partition coefficient (Wildman–Crippen LogP) is 9.22. The van der Waals surface area contributed by atoms with Crippen LogP contribution in [0.1, 0.15) is 33.4 Å². The molecule has 1 heterocycles. The van der Waals surface area contributed by atoms with Gasteiger partial charge in [0.1, 0.15) is 11.5 Å². The quantitative estimate of drug-likeness (QED) is 0.258. The van der Waals surface area contributed by atoms with Crippen molar-refractivity contribution < 1.29 is 9.47 Å². The molecule has 0 aliphatic carbocycles. The molecule has 176 valence electrons. The number of aromatic nitrogens is 1. The lowest BCUT2D eigenvalue weighted by atomic mass is 10.1. The lowest BCUT2D eigenvalue weighted by Crippen LogP contribution is -2.01. The first-order valence-corrected chi connectivity index (χ1v) is 12.2. The third-order valence-electron chi connectivity index (χ3n) is 5.78. The second-order valence-electron chi connectivity index (χ2n) is 8.75. The zero-order chi connectivity index (χ0) is 25.1. The minimum Gasteiger partial charge on any atom is -0.439 e. The van der Waals surface area contributed by atoms with Gasteiger partial charge in [-0.05, 0) is 83.0 Å². The third kappa shape index (κ3) is 5.50. The van der Waals surface area contributed by atoms with E-state index < -0.39 is 0 Å². The van der Waals surface area contributed by atoms with Crippen LogP contribution in [0, 0.1) is 48.1 Å². The lowest BCUT2D eigenvalue weighted by Gasteiger charge is -2.18. The topological polar surface area (TPSA) is 35.7 Å². The highest BCUT2D eigenvalue weighted by atomic mass is 32.2. The van der Waals surface area contributed by atoms with Gasteiger partial charge in [0.15, 0.2) is 5.69 Å². The van der Waals surface area contributed by atoms with Gasteiger partial charge in [-0.3, -0.25) is 0 Å². The van der Waals surface area contributed by atoms with Crippen LogP contribution in [0.15, 0.2) is 70.5 Å². The Labute approximate surface area is 211 Å². The number of aryl methyl sites for hydroxylation is 4. The van der Waals surface area contributed by atoms with Crippen molar-refractivity contribution in [1.82, 2.24) is 4.98 Å². The van der Waals surface area contributed by atoms with E-state index in [2.05, 4.69) is 49.0 Å². The first-order chi connectivity index (χ1) is 16.7. The van der Waals surface area contributed by atoms with Crippen molar-refractivity contribution in [2.75, 3.05) is 0 Å². The summed E-state index contributed by atoms with van der Waals surface area (Å²) in [6.45, 7) is 19.5. The number of nitrogens with zero attached hydrogens (tertiary/aromatic N) is 2. The van der Waals surface area contributed by atoms with E-state index in [1.807, 2.05) is 45.9 Å². The Hall–Kier alpha value is -3.75. The molecule has 0 atom stereocenters. The first kappa shape index (κ1) is 24.4. The van der Waals surface area contributed by atoms with Crippen LogP contribution in [0.25, 0.3) is 4.85 Å². The Kier molecular flexibility index (Phi) is 7.14. The van der Waals surface area contributed by atoms with E-state index in [9.17, 15) is 0 Å². The molecule has 0 aliphatic rings. The average Bonchev–Trinajstić information content (AvgIpc) is 2.81. The highest BCUT2D eigenvalue weighted by Crippen LogP contribution is 2.42. The number of rotatable bonds is 6. The van der Waals surface area contributed by atoms with E-state index in [1.165, 1.54) is 11.1 Å². The normalized spacial score (nSPS) is 10.7. The number of hydrogen-bond acceptors (Lipinski definition) is 4. The summed E-state index contributed by atoms with van der Waals surface area (Å²) in [4.78, 5) is 10.5. The fourth-order valence-corrected chi connectivity index (χ4v) is 4.94. The standard InChI is InChI=1S/C30H28N2O2S/c1-18-9-8-10-25(16-18)35-28-22(5)29(33-24-12-13-26(31-7)20(3)17-24)32-30(23(28)6)34-27-14-11-19(2)15-21(27)4/h8-17H,1-6H3. The van der Waals surface area contributed by atoms with Gasteiger partial charge in [0.05, 0.1) is 6.57 Å². The molecule has 0 N–H and O–H groups in total. The summed E-state index contributed by atoms with van der Waals surface area (Å²) >= 11 is 1.68. The zero-order valence-corrected chi connectivity index (χ0v) is 21.7. The molecule has 0 spiro atoms. The molecule has 5 heteroatoms. The molecule has 0 radical (unpaired) electrons. The molecule has 0 saturated heterocycles. The Bertz CT molecular complexity index is 1450. The van der Waals surface area contributed by atoms with Crippen molar-refractivity contribution in [2.45, 2.75) is 51.3 Å². The third-order valence-corrected chi connectivity index (χ3v) is 7.08. The first-order valence-electron chi connectivity index (χ1n) is 11.4. The second kappa shape index (κ2) is 10.2. The van der Waals surface area contributed by atoms with E-state index >= 15 is 0 Å². The van der Waals surface area contributed by atoms with Crippen LogP contribution in [0.2, 0.25) is 0 Å². The Morgan fingerprint density at radius 3 is 2.11 bits per heavy atom. The zero-order valence-electron chi connectivity index (χ0n) is 20.9. The van der Waals surface area contributed by atoms with Crippen molar-refractivity contribution in [1.29, 1.82) is 0 Å². The summed E-state index contributed by atoms with van der Waals surface area (Å²) in [5.74, 6) is 2.41. The monoisotopic (exact) mass is 480 g/mol. The van der Waals surface area contributed by atoms with Crippen LogP contribution in [-0.4, -0.2) is 4.98 Å². The van der Waals surface area contributed by atoms with Gasteiger partial charge in [-0.25, -0.2) is 4.85 Å². The summed E-state index contributed by atoms with van der Waals surface area (Å²) in [6.07, 6.45) is 0. The molecule has 4 nitrogen and oxygen atoms in total. The molecule has 0 saturated carbocycles. The van der Waals surface area contributed by atoms with E-state index in [0.29, 0.717) is 23.2 Å². The fourth-order valence-electron chi connectivity index (χ4n) is 3.83. The number of benzene rings is 3. The molecule has 0 bridgehead atoms. The van der Waals surface area contributed by atoms with Gasteiger partial charge in [-0.1, -0.05) is 53.2 Å². The molecule has 1 aromatic heterocycles. The Morgan fingerprint density at radius 2 is 1.46 bits per heavy atom. The van der Waals surface area contributed by atoms with E-state index in [-0.39, 0.29) is 0 Å². The minimum atomic E-state index is 0.487. The molecule has 3 aromatic carbocycles. The number of hydrogen-bond donors (Lipinski definition) is 0. The highest BCUT2D eigenvalue weighted by molar-refractivity contribution is 7.99. The Balaban J connectivity index is 1.80. The van der Waals surface area contributed by atoms with E-state index in [0.717, 1.165) is 37.8 Å². The maximum Gasteiger partial charge on any atom is 0.226 e. The van der Waals surface area contributed by atoms with Gasteiger partial charge in [0.2, 0.25) is 11.8 Å². The van der Waals surface area contributed by atoms with Crippen molar-refractivity contribution in [3.05, 3.63) is 105 Å². The summed E-state index contributed by atoms with van der Waals surface area (Å²) in [5, 5.41) is 0. The van der Waals surface area contributed by atoms with Crippen LogP contribution in [0.4, 0.5) is 5.69 Å². The molecule has 4 rings (SSSR count). The van der Waals surface area contributed by atoms with Crippen LogP contribution in [0.3, 0.4) is 0 Å². The van der Waals surface area contributed by atoms with Crippen molar-refractivity contribution >= 4 is 17.4 Å². The van der Waals surface area contributed by atoms with Crippen LogP contribution in [-0.2, 0) is 0 Å². The largest absolute Gasteiger partial charge is 0.439 e. The summed E-state index contributed by atoms with van der Waals surface area (Å²) in [7, 11) is 0. The predicted molar refractivity (Wildman–Crippen MR) is 143 cm³/mol. The molecule has 0 unspecified atom stereocenters. The summed E-state index contributed by atoms with van der Waals surface area (Å²) < 4.78 is 12.6. The van der Waals surface area contributed by atoms with Crippen molar-refractivity contribution in [2.24, 2.45) is 0 Å². The summed E-state index contributed by atoms with van der Waals surface area (Å²) in [6, 6.07) is 20.0. The molecule has 35 heavy (non-hydrogen) atoms. The Morgan fingerprint density at radius 1 is 0.743 bits per heavy atom. The van der Waals surface area contributed by atoms with Crippen LogP contribution < -0.4 is 9.47 Å².